The summed E-state index contributed by atoms with van der Waals surface area (Å²) in [6.07, 6.45) is 9.12. The topological polar surface area (TPSA) is 56.0 Å². The molecule has 1 aromatic carbocycles. The summed E-state index contributed by atoms with van der Waals surface area (Å²) in [5, 5.41) is 2.30. The molecule has 0 saturated heterocycles. The van der Waals surface area contributed by atoms with Crippen LogP contribution in [0.5, 0.6) is 0 Å². The van der Waals surface area contributed by atoms with E-state index in [0.29, 0.717) is 11.8 Å². The Labute approximate surface area is 198 Å². The summed E-state index contributed by atoms with van der Waals surface area (Å²) in [5.41, 5.74) is 3.72. The number of carbonyl (C=O) groups excluding carboxylic acids is 1. The zero-order valence-corrected chi connectivity index (χ0v) is 20.6. The van der Waals surface area contributed by atoms with Crippen LogP contribution in [0.4, 0.5) is 0 Å². The minimum absolute atomic E-state index is 0.0317. The van der Waals surface area contributed by atoms with Crippen molar-refractivity contribution in [1.82, 2.24) is 0 Å². The number of fused-ring (bicyclic) bond motifs is 1. The van der Waals surface area contributed by atoms with E-state index in [4.69, 9.17) is 9.15 Å². The molecule has 4 heteroatoms. The maximum absolute atomic E-state index is 12.8. The molecule has 178 valence electrons. The van der Waals surface area contributed by atoms with Gasteiger partial charge in [0.1, 0.15) is 13.1 Å². The van der Waals surface area contributed by atoms with Crippen LogP contribution in [0.1, 0.15) is 69.3 Å². The van der Waals surface area contributed by atoms with Crippen molar-refractivity contribution in [3.05, 3.63) is 71.7 Å². The fourth-order valence-corrected chi connectivity index (χ4v) is 7.01. The second-order valence-electron chi connectivity index (χ2n) is 10.7. The molecule has 2 N–H and O–H groups in total. The number of carbonyl (C=O) groups is 1. The van der Waals surface area contributed by atoms with E-state index in [1.807, 2.05) is 6.26 Å². The van der Waals surface area contributed by atoms with E-state index < -0.39 is 0 Å². The number of allylic oxidation sites excluding steroid dienone is 1. The molecule has 1 heterocycles. The maximum atomic E-state index is 12.8. The van der Waals surface area contributed by atoms with Gasteiger partial charge in [0.25, 0.3) is 0 Å². The van der Waals surface area contributed by atoms with Crippen LogP contribution in [-0.2, 0) is 29.0 Å². The van der Waals surface area contributed by atoms with Crippen LogP contribution in [0.2, 0.25) is 0 Å². The SMILES string of the molecule is C=C1CC[C@@H]2[C@@](C)(CCC[C@@]2(C)C(=O)OC)[C@H]1CCc1ccoc1C[NH2+]Cc1ccccc1. The summed E-state index contributed by atoms with van der Waals surface area (Å²) in [5.74, 6) is 1.83. The number of nitrogens with two attached hydrogens (primary N) is 1. The Morgan fingerprint density at radius 3 is 2.73 bits per heavy atom. The molecular formula is C29H40NO3+. The number of rotatable bonds is 8. The smallest absolute Gasteiger partial charge is 0.311 e. The summed E-state index contributed by atoms with van der Waals surface area (Å²) in [4.78, 5) is 12.8. The molecule has 0 spiro atoms. The fraction of sp³-hybridized carbons (Fsp3) is 0.552. The van der Waals surface area contributed by atoms with E-state index in [-0.39, 0.29) is 16.8 Å². The van der Waals surface area contributed by atoms with Crippen LogP contribution in [-0.4, -0.2) is 13.1 Å². The van der Waals surface area contributed by atoms with Crippen LogP contribution < -0.4 is 5.32 Å². The van der Waals surface area contributed by atoms with Gasteiger partial charge in [-0.3, -0.25) is 4.79 Å². The molecule has 33 heavy (non-hydrogen) atoms. The first-order valence-corrected chi connectivity index (χ1v) is 12.6. The third kappa shape index (κ3) is 4.68. The summed E-state index contributed by atoms with van der Waals surface area (Å²) in [6, 6.07) is 12.7. The predicted molar refractivity (Wildman–Crippen MR) is 130 cm³/mol. The van der Waals surface area contributed by atoms with Gasteiger partial charge < -0.3 is 14.5 Å². The van der Waals surface area contributed by atoms with Crippen LogP contribution in [0.25, 0.3) is 0 Å². The van der Waals surface area contributed by atoms with Crippen molar-refractivity contribution in [3.63, 3.8) is 0 Å². The van der Waals surface area contributed by atoms with Gasteiger partial charge in [0.05, 0.1) is 18.8 Å². The number of esters is 1. The highest BCUT2D eigenvalue weighted by molar-refractivity contribution is 5.77. The lowest BCUT2D eigenvalue weighted by Gasteiger charge is -2.57. The van der Waals surface area contributed by atoms with E-state index in [1.165, 1.54) is 23.8 Å². The molecular weight excluding hydrogens is 410 g/mol. The van der Waals surface area contributed by atoms with Crippen molar-refractivity contribution >= 4 is 5.97 Å². The van der Waals surface area contributed by atoms with Gasteiger partial charge in [-0.05, 0) is 74.3 Å². The molecule has 2 aromatic rings. The molecule has 4 nitrogen and oxygen atoms in total. The number of benzene rings is 1. The van der Waals surface area contributed by atoms with Crippen molar-refractivity contribution in [3.8, 4) is 0 Å². The third-order valence-electron chi connectivity index (χ3n) is 8.76. The van der Waals surface area contributed by atoms with Gasteiger partial charge in [0, 0.05) is 5.56 Å². The Hall–Kier alpha value is -2.33. The maximum Gasteiger partial charge on any atom is 0.311 e. The van der Waals surface area contributed by atoms with Gasteiger partial charge >= 0.3 is 5.97 Å². The molecule has 1 aromatic heterocycles. The number of methoxy groups -OCH3 is 1. The minimum Gasteiger partial charge on any atom is -0.469 e. The van der Waals surface area contributed by atoms with Gasteiger partial charge in [-0.1, -0.05) is 55.8 Å². The average Bonchev–Trinajstić information content (AvgIpc) is 3.25. The average molecular weight is 451 g/mol. The highest BCUT2D eigenvalue weighted by Gasteiger charge is 2.57. The molecule has 0 radical (unpaired) electrons. The van der Waals surface area contributed by atoms with Crippen LogP contribution in [0.3, 0.4) is 0 Å². The quantitative estimate of drug-likeness (QED) is 0.431. The minimum atomic E-state index is -0.381. The lowest BCUT2D eigenvalue weighted by atomic mass is 9.46. The summed E-state index contributed by atoms with van der Waals surface area (Å²) >= 11 is 0. The lowest BCUT2D eigenvalue weighted by Crippen LogP contribution is -2.80. The van der Waals surface area contributed by atoms with Crippen molar-refractivity contribution in [1.29, 1.82) is 0 Å². The van der Waals surface area contributed by atoms with Crippen LogP contribution in [0.15, 0.2) is 59.2 Å². The zero-order chi connectivity index (χ0) is 23.5. The molecule has 0 aliphatic heterocycles. The summed E-state index contributed by atoms with van der Waals surface area (Å²) in [6.45, 7) is 10.9. The summed E-state index contributed by atoms with van der Waals surface area (Å²) < 4.78 is 11.1. The Morgan fingerprint density at radius 1 is 1.18 bits per heavy atom. The van der Waals surface area contributed by atoms with E-state index in [2.05, 4.69) is 62.1 Å². The Balaban J connectivity index is 1.43. The highest BCUT2D eigenvalue weighted by atomic mass is 16.5. The first-order valence-electron chi connectivity index (χ1n) is 12.6. The number of aryl methyl sites for hydroxylation is 1. The van der Waals surface area contributed by atoms with E-state index in [9.17, 15) is 4.79 Å². The molecule has 2 saturated carbocycles. The normalized spacial score (nSPS) is 29.5. The molecule has 0 amide bonds. The number of hydrogen-bond donors (Lipinski definition) is 1. The van der Waals surface area contributed by atoms with E-state index >= 15 is 0 Å². The Bertz CT molecular complexity index is 964. The fourth-order valence-electron chi connectivity index (χ4n) is 7.01. The van der Waals surface area contributed by atoms with E-state index in [1.54, 1.807) is 0 Å². The van der Waals surface area contributed by atoms with Crippen LogP contribution >= 0.6 is 0 Å². The Morgan fingerprint density at radius 2 is 1.97 bits per heavy atom. The Kier molecular flexibility index (Phi) is 7.13. The van der Waals surface area contributed by atoms with Gasteiger partial charge in [0.15, 0.2) is 5.76 Å². The van der Waals surface area contributed by atoms with Crippen molar-refractivity contribution in [2.45, 2.75) is 71.9 Å². The van der Waals surface area contributed by atoms with Gasteiger partial charge in [0.2, 0.25) is 0 Å². The van der Waals surface area contributed by atoms with Gasteiger partial charge in [-0.25, -0.2) is 0 Å². The van der Waals surface area contributed by atoms with E-state index in [0.717, 1.165) is 63.8 Å². The predicted octanol–water partition coefficient (Wildman–Crippen LogP) is 5.43. The first kappa shape index (κ1) is 23.8. The van der Waals surface area contributed by atoms with Crippen LogP contribution in [0, 0.1) is 22.7 Å². The molecule has 0 unspecified atom stereocenters. The first-order chi connectivity index (χ1) is 15.9. The zero-order valence-electron chi connectivity index (χ0n) is 20.6. The molecule has 4 rings (SSSR count). The largest absolute Gasteiger partial charge is 0.469 e. The second kappa shape index (κ2) is 9.89. The molecule has 2 aliphatic rings. The standard InChI is InChI=1S/C29H39NO3/c1-21-11-14-26-28(2,16-8-17-29(26,3)27(31)32-4)24(21)13-12-23-15-18-33-25(23)20-30-19-22-9-6-5-7-10-22/h5-7,9-10,15,18,24,26,30H,1,8,11-14,16-17,19-20H2,2-4H3/p+1/t24-,26+,28-,29+/m0/s1. The molecule has 0 bridgehead atoms. The molecule has 2 fully saturated rings. The number of ether oxygens (including phenoxy) is 1. The lowest BCUT2D eigenvalue weighted by molar-refractivity contribution is -0.688. The highest BCUT2D eigenvalue weighted by Crippen LogP contribution is 2.62. The van der Waals surface area contributed by atoms with Crippen molar-refractivity contribution < 1.29 is 19.3 Å². The second-order valence-corrected chi connectivity index (χ2v) is 10.7. The molecule has 4 atom stereocenters. The van der Waals surface area contributed by atoms with Crippen molar-refractivity contribution in [2.24, 2.45) is 22.7 Å². The number of quaternary nitrogens is 1. The molecule has 2 aliphatic carbocycles. The van der Waals surface area contributed by atoms with Crippen molar-refractivity contribution in [2.75, 3.05) is 7.11 Å². The monoisotopic (exact) mass is 450 g/mol. The van der Waals surface area contributed by atoms with Gasteiger partial charge in [-0.2, -0.15) is 0 Å². The number of furan rings is 1. The third-order valence-corrected chi connectivity index (χ3v) is 8.76. The summed E-state index contributed by atoms with van der Waals surface area (Å²) in [7, 11) is 1.54. The van der Waals surface area contributed by atoms with Gasteiger partial charge in [-0.15, -0.1) is 0 Å². The number of hydrogen-bond acceptors (Lipinski definition) is 3.